The molecule has 2 rings (SSSR count). The van der Waals surface area contributed by atoms with Gasteiger partial charge in [0.15, 0.2) is 0 Å². The van der Waals surface area contributed by atoms with Gasteiger partial charge in [-0.05, 0) is 31.2 Å². The fraction of sp³-hybridized carbons (Fsp3) is 0.176. The van der Waals surface area contributed by atoms with Crippen molar-refractivity contribution in [1.82, 2.24) is 0 Å². The fourth-order valence-electron chi connectivity index (χ4n) is 1.85. The number of amides is 1. The second kappa shape index (κ2) is 8.11. The van der Waals surface area contributed by atoms with Crippen LogP contribution in [0.3, 0.4) is 0 Å². The van der Waals surface area contributed by atoms with E-state index in [0.717, 1.165) is 16.3 Å². The molecular formula is C17H17N3OS. The second-order valence-corrected chi connectivity index (χ2v) is 5.73. The third-order valence-corrected chi connectivity index (χ3v) is 3.90. The average molecular weight is 311 g/mol. The number of hydrogen-bond donors (Lipinski definition) is 2. The minimum atomic E-state index is -0.120. The highest BCUT2D eigenvalue weighted by Crippen LogP contribution is 2.26. The number of hydrogen-bond acceptors (Lipinski definition) is 4. The summed E-state index contributed by atoms with van der Waals surface area (Å²) in [4.78, 5) is 12.9. The minimum Gasteiger partial charge on any atom is -0.376 e. The summed E-state index contributed by atoms with van der Waals surface area (Å²) in [6, 6.07) is 17.4. The third-order valence-electron chi connectivity index (χ3n) is 2.96. The standard InChI is InChI=1S/C17H17N3OS/c1-13-6-8-14(9-7-13)19-12-17(21)20-15-4-2-3-5-16(15)22-11-10-18/h2-9,19H,11-12H2,1H3,(H,20,21). The zero-order chi connectivity index (χ0) is 15.8. The number of aryl methyl sites for hydroxylation is 1. The van der Waals surface area contributed by atoms with E-state index < -0.39 is 0 Å². The van der Waals surface area contributed by atoms with E-state index in [1.54, 1.807) is 0 Å². The number of carbonyl (C=O) groups excluding carboxylic acids is 1. The van der Waals surface area contributed by atoms with E-state index in [1.165, 1.54) is 17.3 Å². The zero-order valence-corrected chi connectivity index (χ0v) is 13.1. The van der Waals surface area contributed by atoms with E-state index in [-0.39, 0.29) is 12.5 Å². The number of thioether (sulfide) groups is 1. The maximum absolute atomic E-state index is 12.0. The normalized spacial score (nSPS) is 9.82. The van der Waals surface area contributed by atoms with Crippen LogP contribution >= 0.6 is 11.8 Å². The molecule has 1 amide bonds. The summed E-state index contributed by atoms with van der Waals surface area (Å²) in [7, 11) is 0. The highest BCUT2D eigenvalue weighted by atomic mass is 32.2. The third kappa shape index (κ3) is 4.83. The Morgan fingerprint density at radius 1 is 1.18 bits per heavy atom. The Bertz CT molecular complexity index is 677. The number of nitrogens with zero attached hydrogens (tertiary/aromatic N) is 1. The molecule has 22 heavy (non-hydrogen) atoms. The highest BCUT2D eigenvalue weighted by molar-refractivity contribution is 7.99. The maximum Gasteiger partial charge on any atom is 0.243 e. The largest absolute Gasteiger partial charge is 0.376 e. The van der Waals surface area contributed by atoms with Crippen LogP contribution in [0.1, 0.15) is 5.56 Å². The number of nitriles is 1. The smallest absolute Gasteiger partial charge is 0.243 e. The number of nitrogens with one attached hydrogen (secondary N) is 2. The minimum absolute atomic E-state index is 0.120. The van der Waals surface area contributed by atoms with Crippen molar-refractivity contribution in [2.45, 2.75) is 11.8 Å². The van der Waals surface area contributed by atoms with Gasteiger partial charge < -0.3 is 10.6 Å². The molecule has 0 bridgehead atoms. The van der Waals surface area contributed by atoms with E-state index in [0.29, 0.717) is 5.75 Å². The second-order valence-electron chi connectivity index (χ2n) is 4.71. The molecule has 0 saturated carbocycles. The number of benzene rings is 2. The zero-order valence-electron chi connectivity index (χ0n) is 12.3. The molecule has 4 nitrogen and oxygen atoms in total. The van der Waals surface area contributed by atoms with Gasteiger partial charge in [-0.25, -0.2) is 0 Å². The van der Waals surface area contributed by atoms with Gasteiger partial charge in [-0.2, -0.15) is 5.26 Å². The molecule has 0 aromatic heterocycles. The molecule has 2 aromatic rings. The first-order valence-corrected chi connectivity index (χ1v) is 7.87. The Kier molecular flexibility index (Phi) is 5.87. The van der Waals surface area contributed by atoms with Gasteiger partial charge in [0, 0.05) is 10.6 Å². The lowest BCUT2D eigenvalue weighted by molar-refractivity contribution is -0.114. The molecular weight excluding hydrogens is 294 g/mol. The average Bonchev–Trinajstić information content (AvgIpc) is 2.53. The maximum atomic E-state index is 12.0. The van der Waals surface area contributed by atoms with E-state index >= 15 is 0 Å². The summed E-state index contributed by atoms with van der Waals surface area (Å²) >= 11 is 1.41. The molecule has 0 aliphatic heterocycles. The van der Waals surface area contributed by atoms with Crippen molar-refractivity contribution < 1.29 is 4.79 Å². The van der Waals surface area contributed by atoms with Gasteiger partial charge in [-0.1, -0.05) is 29.8 Å². The van der Waals surface area contributed by atoms with Crippen LogP contribution in [0.4, 0.5) is 11.4 Å². The van der Waals surface area contributed by atoms with Gasteiger partial charge in [0.1, 0.15) is 0 Å². The Labute approximate surface area is 134 Å². The van der Waals surface area contributed by atoms with Crippen molar-refractivity contribution >= 4 is 29.0 Å². The fourth-order valence-corrected chi connectivity index (χ4v) is 2.52. The van der Waals surface area contributed by atoms with Crippen molar-refractivity contribution in [3.63, 3.8) is 0 Å². The molecule has 2 aromatic carbocycles. The van der Waals surface area contributed by atoms with Gasteiger partial charge in [-0.15, -0.1) is 11.8 Å². The molecule has 0 aliphatic rings. The molecule has 0 spiro atoms. The SMILES string of the molecule is Cc1ccc(NCC(=O)Nc2ccccc2SCC#N)cc1. The quantitative estimate of drug-likeness (QED) is 0.799. The van der Waals surface area contributed by atoms with Crippen LogP contribution in [0.2, 0.25) is 0 Å². The van der Waals surface area contributed by atoms with E-state index in [9.17, 15) is 4.79 Å². The van der Waals surface area contributed by atoms with Gasteiger partial charge in [-0.3, -0.25) is 4.79 Å². The molecule has 112 valence electrons. The first-order valence-electron chi connectivity index (χ1n) is 6.88. The first kappa shape index (κ1) is 15.9. The molecule has 0 heterocycles. The summed E-state index contributed by atoms with van der Waals surface area (Å²) in [5.41, 5.74) is 2.82. The van der Waals surface area contributed by atoms with Crippen LogP contribution in [0, 0.1) is 18.3 Å². The number of carbonyl (C=O) groups is 1. The van der Waals surface area contributed by atoms with Crippen LogP contribution < -0.4 is 10.6 Å². The predicted molar refractivity (Wildman–Crippen MR) is 91.1 cm³/mol. The van der Waals surface area contributed by atoms with Crippen LogP contribution in [0.5, 0.6) is 0 Å². The molecule has 2 N–H and O–H groups in total. The summed E-state index contributed by atoms with van der Waals surface area (Å²) in [6.45, 7) is 2.21. The first-order chi connectivity index (χ1) is 10.7. The van der Waals surface area contributed by atoms with Crippen LogP contribution in [0.25, 0.3) is 0 Å². The lowest BCUT2D eigenvalue weighted by Gasteiger charge is -2.11. The molecule has 0 atom stereocenters. The van der Waals surface area contributed by atoms with Crippen molar-refractivity contribution in [3.05, 3.63) is 54.1 Å². The highest BCUT2D eigenvalue weighted by Gasteiger charge is 2.06. The molecule has 0 aliphatic carbocycles. The van der Waals surface area contributed by atoms with Crippen LogP contribution in [-0.2, 0) is 4.79 Å². The van der Waals surface area contributed by atoms with Gasteiger partial charge in [0.2, 0.25) is 5.91 Å². The van der Waals surface area contributed by atoms with Crippen molar-refractivity contribution in [1.29, 1.82) is 5.26 Å². The summed E-state index contributed by atoms with van der Waals surface area (Å²) in [5.74, 6) is 0.236. The Morgan fingerprint density at radius 2 is 1.91 bits per heavy atom. The summed E-state index contributed by atoms with van der Waals surface area (Å²) < 4.78 is 0. The Morgan fingerprint density at radius 3 is 2.64 bits per heavy atom. The van der Waals surface area contributed by atoms with E-state index in [1.807, 2.05) is 55.5 Å². The molecule has 0 saturated heterocycles. The molecule has 0 fully saturated rings. The lowest BCUT2D eigenvalue weighted by atomic mass is 10.2. The van der Waals surface area contributed by atoms with Gasteiger partial charge in [0.25, 0.3) is 0 Å². The van der Waals surface area contributed by atoms with Gasteiger partial charge in [0.05, 0.1) is 24.1 Å². The Balaban J connectivity index is 1.92. The Hall–Kier alpha value is -2.45. The molecule has 0 unspecified atom stereocenters. The summed E-state index contributed by atoms with van der Waals surface area (Å²) in [6.07, 6.45) is 0. The van der Waals surface area contributed by atoms with Crippen molar-refractivity contribution in [2.75, 3.05) is 22.9 Å². The van der Waals surface area contributed by atoms with Crippen molar-refractivity contribution in [2.24, 2.45) is 0 Å². The van der Waals surface area contributed by atoms with E-state index in [2.05, 4.69) is 16.7 Å². The topological polar surface area (TPSA) is 64.9 Å². The van der Waals surface area contributed by atoms with Crippen molar-refractivity contribution in [3.8, 4) is 6.07 Å². The molecule has 5 heteroatoms. The number of anilines is 2. The number of rotatable bonds is 6. The van der Waals surface area contributed by atoms with E-state index in [4.69, 9.17) is 5.26 Å². The monoisotopic (exact) mass is 311 g/mol. The molecule has 0 radical (unpaired) electrons. The number of para-hydroxylation sites is 1. The van der Waals surface area contributed by atoms with Gasteiger partial charge >= 0.3 is 0 Å². The van der Waals surface area contributed by atoms with Crippen LogP contribution in [-0.4, -0.2) is 18.2 Å². The lowest BCUT2D eigenvalue weighted by Crippen LogP contribution is -2.22. The van der Waals surface area contributed by atoms with Crippen LogP contribution in [0.15, 0.2) is 53.4 Å². The summed E-state index contributed by atoms with van der Waals surface area (Å²) in [5, 5.41) is 14.6. The predicted octanol–water partition coefficient (Wildman–Crippen LogP) is 3.66.